The topological polar surface area (TPSA) is 55.8 Å². The molecule has 19 heavy (non-hydrogen) atoms. The van der Waals surface area contributed by atoms with Crippen LogP contribution in [0.5, 0.6) is 0 Å². The first kappa shape index (κ1) is 16.7. The maximum Gasteiger partial charge on any atom is 0.472 e. The minimum Gasteiger partial charge on any atom is -0.302 e. The third-order valence-corrected chi connectivity index (χ3v) is 3.50. The van der Waals surface area contributed by atoms with Crippen molar-refractivity contribution in [2.24, 2.45) is 0 Å². The lowest BCUT2D eigenvalue weighted by Gasteiger charge is -2.29. The molecule has 0 bridgehead atoms. The second-order valence-corrected chi connectivity index (χ2v) is 5.26. The Labute approximate surface area is 102 Å². The van der Waals surface area contributed by atoms with Crippen LogP contribution in [0.1, 0.15) is 13.3 Å². The van der Waals surface area contributed by atoms with Gasteiger partial charge in [0.25, 0.3) is 0 Å². The van der Waals surface area contributed by atoms with Crippen LogP contribution in [0.25, 0.3) is 0 Å². The van der Waals surface area contributed by atoms with Crippen molar-refractivity contribution < 1.29 is 49.2 Å². The van der Waals surface area contributed by atoms with Gasteiger partial charge in [0.1, 0.15) is 6.10 Å². The highest BCUT2D eigenvalue weighted by Crippen LogP contribution is 2.56. The molecule has 1 fully saturated rings. The van der Waals surface area contributed by atoms with Crippen molar-refractivity contribution in [1.29, 1.82) is 0 Å². The van der Waals surface area contributed by atoms with E-state index in [1.807, 2.05) is 0 Å². The van der Waals surface area contributed by atoms with E-state index in [4.69, 9.17) is 4.89 Å². The van der Waals surface area contributed by atoms with Crippen LogP contribution in [0.2, 0.25) is 0 Å². The van der Waals surface area contributed by atoms with Crippen LogP contribution >= 0.6 is 7.82 Å². The molecule has 1 aliphatic rings. The fraction of sp³-hybridized carbons (Fsp3) is 1.00. The van der Waals surface area contributed by atoms with E-state index in [9.17, 15) is 35.3 Å². The van der Waals surface area contributed by atoms with Crippen LogP contribution in [0.4, 0.5) is 30.7 Å². The van der Waals surface area contributed by atoms with Crippen molar-refractivity contribution in [3.05, 3.63) is 0 Å². The highest BCUT2D eigenvalue weighted by molar-refractivity contribution is 7.47. The number of hydrogen-bond donors (Lipinski definition) is 1. The summed E-state index contributed by atoms with van der Waals surface area (Å²) in [6.45, 7) is 0.933. The molecule has 4 nitrogen and oxygen atoms in total. The number of rotatable bonds is 3. The Morgan fingerprint density at radius 2 is 1.58 bits per heavy atom. The average Bonchev–Trinajstić information content (AvgIpc) is 2.36. The molecule has 114 valence electrons. The summed E-state index contributed by atoms with van der Waals surface area (Å²) in [5, 5.41) is 0. The Balaban J connectivity index is 2.89. The molecule has 1 N–H and O–H groups in total. The predicted molar refractivity (Wildman–Crippen MR) is 45.8 cm³/mol. The largest absolute Gasteiger partial charge is 0.472 e. The van der Waals surface area contributed by atoms with E-state index >= 15 is 0 Å². The lowest BCUT2D eigenvalue weighted by atomic mass is 10.0. The second kappa shape index (κ2) is 4.57. The molecule has 12 heteroatoms. The Hall–Kier alpha value is -0.380. The highest BCUT2D eigenvalue weighted by Gasteiger charge is 2.73. The molecule has 0 radical (unpaired) electrons. The Morgan fingerprint density at radius 3 is 1.89 bits per heavy atom. The van der Waals surface area contributed by atoms with Crippen molar-refractivity contribution in [1.82, 2.24) is 0 Å². The zero-order chi connectivity index (χ0) is 15.3. The van der Waals surface area contributed by atoms with E-state index in [2.05, 4.69) is 9.05 Å². The summed E-state index contributed by atoms with van der Waals surface area (Å²) in [5.74, 6) is -11.8. The van der Waals surface area contributed by atoms with Gasteiger partial charge in [0.15, 0.2) is 0 Å². The molecule has 0 aromatic rings. The lowest BCUT2D eigenvalue weighted by molar-refractivity contribution is -0.358. The van der Waals surface area contributed by atoms with Crippen LogP contribution in [-0.4, -0.2) is 35.1 Å². The van der Waals surface area contributed by atoms with Crippen molar-refractivity contribution in [3.8, 4) is 0 Å². The highest BCUT2D eigenvalue weighted by atomic mass is 31.2. The Kier molecular flexibility index (Phi) is 4.01. The first-order valence-corrected chi connectivity index (χ1v) is 6.21. The maximum atomic E-state index is 13.0. The molecule has 0 aromatic heterocycles. The van der Waals surface area contributed by atoms with Gasteiger partial charge in [-0.05, 0) is 6.92 Å². The maximum absolute atomic E-state index is 13.0. The zero-order valence-corrected chi connectivity index (χ0v) is 10.0. The molecule has 3 atom stereocenters. The normalized spacial score (nSPS) is 33.7. The number of phosphoric ester groups is 1. The third-order valence-electron chi connectivity index (χ3n) is 2.36. The first-order valence-electron chi connectivity index (χ1n) is 4.71. The standard InChI is InChI=1S/C7H8F7O4P/c1-3-4(18-19(15,16)17-3)2-5(8,9)6(10,11)7(12,13)14/h3-4H,2H2,1H3,(H,15,16). The SMILES string of the molecule is CC1OP(=O)(O)OC1CC(F)(F)C(F)(F)C(F)(F)F. The van der Waals surface area contributed by atoms with Gasteiger partial charge in [-0.3, -0.25) is 9.05 Å². The Morgan fingerprint density at radius 1 is 1.11 bits per heavy atom. The summed E-state index contributed by atoms with van der Waals surface area (Å²) in [5.41, 5.74) is 0. The van der Waals surface area contributed by atoms with E-state index in [1.165, 1.54) is 0 Å². The van der Waals surface area contributed by atoms with Crippen molar-refractivity contribution >= 4 is 7.82 Å². The first-order chi connectivity index (χ1) is 8.20. The minimum atomic E-state index is -6.46. The van der Waals surface area contributed by atoms with Gasteiger partial charge in [-0.15, -0.1) is 0 Å². The molecule has 1 rings (SSSR count). The summed E-state index contributed by atoms with van der Waals surface area (Å²) >= 11 is 0. The predicted octanol–water partition coefficient (Wildman–Crippen LogP) is 3.11. The average molecular weight is 320 g/mol. The van der Waals surface area contributed by atoms with Gasteiger partial charge in [-0.25, -0.2) is 4.57 Å². The second-order valence-electron chi connectivity index (χ2n) is 3.90. The molecule has 1 aliphatic heterocycles. The third kappa shape index (κ3) is 3.21. The van der Waals surface area contributed by atoms with Crippen molar-refractivity contribution in [3.63, 3.8) is 0 Å². The molecule has 0 saturated carbocycles. The van der Waals surface area contributed by atoms with Gasteiger partial charge >= 0.3 is 25.8 Å². The van der Waals surface area contributed by atoms with Gasteiger partial charge in [0.2, 0.25) is 0 Å². The fourth-order valence-electron chi connectivity index (χ4n) is 1.35. The van der Waals surface area contributed by atoms with Crippen molar-refractivity contribution in [2.45, 2.75) is 43.6 Å². The quantitative estimate of drug-likeness (QED) is 0.641. The zero-order valence-electron chi connectivity index (χ0n) is 9.13. The molecule has 0 amide bonds. The summed E-state index contributed by atoms with van der Waals surface area (Å²) in [4.78, 5) is 8.75. The van der Waals surface area contributed by atoms with Gasteiger partial charge < -0.3 is 4.89 Å². The van der Waals surface area contributed by atoms with E-state index < -0.39 is 44.5 Å². The number of phosphoric acid groups is 1. The van der Waals surface area contributed by atoms with Crippen LogP contribution in [0.3, 0.4) is 0 Å². The van der Waals surface area contributed by atoms with Gasteiger partial charge in [0.05, 0.1) is 6.10 Å². The van der Waals surface area contributed by atoms with E-state index in [-0.39, 0.29) is 0 Å². The van der Waals surface area contributed by atoms with E-state index in [1.54, 1.807) is 0 Å². The number of alkyl halides is 7. The van der Waals surface area contributed by atoms with Gasteiger partial charge in [0, 0.05) is 6.42 Å². The van der Waals surface area contributed by atoms with Crippen LogP contribution < -0.4 is 0 Å². The lowest BCUT2D eigenvalue weighted by Crippen LogP contribution is -2.53. The van der Waals surface area contributed by atoms with Crippen LogP contribution in [-0.2, 0) is 13.6 Å². The molecule has 0 aliphatic carbocycles. The molecule has 0 aromatic carbocycles. The van der Waals surface area contributed by atoms with Crippen LogP contribution in [0, 0.1) is 0 Å². The monoisotopic (exact) mass is 320 g/mol. The molecule has 0 spiro atoms. The van der Waals surface area contributed by atoms with Gasteiger partial charge in [-0.2, -0.15) is 30.7 Å². The number of hydrogen-bond acceptors (Lipinski definition) is 3. The minimum absolute atomic E-state index is 0.933. The molecular weight excluding hydrogens is 312 g/mol. The van der Waals surface area contributed by atoms with Gasteiger partial charge in [-0.1, -0.05) is 0 Å². The summed E-state index contributed by atoms with van der Waals surface area (Å²) in [6.07, 6.45) is -12.1. The van der Waals surface area contributed by atoms with Crippen molar-refractivity contribution in [2.75, 3.05) is 0 Å². The Bertz CT molecular complexity index is 395. The summed E-state index contributed by atoms with van der Waals surface area (Å²) < 4.78 is 106. The van der Waals surface area contributed by atoms with E-state index in [0.29, 0.717) is 0 Å². The fourth-order valence-corrected chi connectivity index (χ4v) is 2.54. The molecule has 1 saturated heterocycles. The smallest absolute Gasteiger partial charge is 0.302 e. The molecular formula is C7H8F7O4P. The van der Waals surface area contributed by atoms with E-state index in [0.717, 1.165) is 6.92 Å². The molecule has 1 heterocycles. The molecule has 3 unspecified atom stereocenters. The number of halogens is 7. The summed E-state index contributed by atoms with van der Waals surface area (Å²) in [6, 6.07) is 0. The van der Waals surface area contributed by atoms with Crippen LogP contribution in [0.15, 0.2) is 0 Å². The summed E-state index contributed by atoms with van der Waals surface area (Å²) in [7, 11) is -4.69.